The molecule has 6 rings (SSSR count). The van der Waals surface area contributed by atoms with Crippen molar-refractivity contribution >= 4 is 44.0 Å². The normalized spacial score (nSPS) is 15.0. The van der Waals surface area contributed by atoms with Gasteiger partial charge in [0.05, 0.1) is 27.8 Å². The van der Waals surface area contributed by atoms with E-state index in [2.05, 4.69) is 4.98 Å². The van der Waals surface area contributed by atoms with E-state index in [4.69, 9.17) is 4.98 Å². The Morgan fingerprint density at radius 1 is 1.04 bits per heavy atom. The molecule has 25 heavy (non-hydrogen) atoms. The third-order valence-electron chi connectivity index (χ3n) is 5.32. The number of carbonyl (C=O) groups is 1. The maximum atomic E-state index is 14.0. The van der Waals surface area contributed by atoms with E-state index in [1.54, 1.807) is 12.4 Å². The van der Waals surface area contributed by atoms with Gasteiger partial charge in [0.1, 0.15) is 12.1 Å². The second kappa shape index (κ2) is 4.30. The van der Waals surface area contributed by atoms with Gasteiger partial charge in [-0.1, -0.05) is 0 Å². The van der Waals surface area contributed by atoms with Crippen molar-refractivity contribution in [3.63, 3.8) is 0 Å². The molecule has 0 aliphatic heterocycles. The minimum atomic E-state index is -0.300. The molecule has 0 amide bonds. The quantitative estimate of drug-likeness (QED) is 0.315. The van der Waals surface area contributed by atoms with Crippen LogP contribution in [0, 0.1) is 5.82 Å². The van der Waals surface area contributed by atoms with Crippen LogP contribution in [-0.4, -0.2) is 20.2 Å². The Balaban J connectivity index is 2.04. The summed E-state index contributed by atoms with van der Waals surface area (Å²) in [5, 5.41) is 2.72. The molecule has 0 saturated heterocycles. The summed E-state index contributed by atoms with van der Waals surface area (Å²) in [7, 11) is 0. The number of rotatable bonds is 0. The Kier molecular flexibility index (Phi) is 2.28. The van der Waals surface area contributed by atoms with Crippen LogP contribution in [0.5, 0.6) is 0 Å². The first-order chi connectivity index (χ1) is 12.2. The van der Waals surface area contributed by atoms with Gasteiger partial charge in [-0.05, 0) is 43.2 Å². The molecule has 5 aromatic rings. The molecule has 3 aromatic heterocycles. The molecule has 0 N–H and O–H groups in total. The molecule has 1 aliphatic carbocycles. The van der Waals surface area contributed by atoms with Crippen LogP contribution < -0.4 is 0 Å². The Bertz CT molecular complexity index is 1350. The van der Waals surface area contributed by atoms with E-state index in [9.17, 15) is 9.18 Å². The lowest BCUT2D eigenvalue weighted by atomic mass is 9.88. The molecular formula is C20H12FN3O. The second-order valence-electron chi connectivity index (χ2n) is 6.69. The molecule has 3 heterocycles. The predicted octanol–water partition coefficient (Wildman–Crippen LogP) is 4.28. The van der Waals surface area contributed by atoms with Crippen LogP contribution in [0.25, 0.3) is 38.2 Å². The van der Waals surface area contributed by atoms with Crippen LogP contribution in [0.15, 0.2) is 36.7 Å². The second-order valence-corrected chi connectivity index (χ2v) is 6.69. The summed E-state index contributed by atoms with van der Waals surface area (Å²) in [6, 6.07) is 8.63. The van der Waals surface area contributed by atoms with Crippen molar-refractivity contribution in [2.75, 3.05) is 0 Å². The van der Waals surface area contributed by atoms with Gasteiger partial charge in [-0.15, -0.1) is 0 Å². The average molecular weight is 329 g/mol. The Labute approximate surface area is 141 Å². The average Bonchev–Trinajstić information content (AvgIpc) is 3.05. The zero-order chi connectivity index (χ0) is 16.7. The van der Waals surface area contributed by atoms with Gasteiger partial charge < -0.3 is 0 Å². The first-order valence-electron chi connectivity index (χ1n) is 8.38. The first-order valence-corrected chi connectivity index (χ1v) is 8.38. The first kappa shape index (κ1) is 13.2. The van der Waals surface area contributed by atoms with Gasteiger partial charge in [0.15, 0.2) is 5.78 Å². The number of aromatic nitrogens is 3. The number of Topliss-reactive ketones (excluding diaryl/α,β-unsaturated/α-hetero) is 1. The molecule has 120 valence electrons. The van der Waals surface area contributed by atoms with Gasteiger partial charge in [-0.25, -0.2) is 9.37 Å². The molecule has 0 bridgehead atoms. The predicted molar refractivity (Wildman–Crippen MR) is 93.9 cm³/mol. The smallest absolute Gasteiger partial charge is 0.165 e. The topological polar surface area (TPSA) is 47.3 Å². The van der Waals surface area contributed by atoms with Crippen LogP contribution in [0.4, 0.5) is 4.39 Å². The van der Waals surface area contributed by atoms with Crippen molar-refractivity contribution in [1.29, 1.82) is 0 Å². The van der Waals surface area contributed by atoms with Crippen LogP contribution in [-0.2, 0) is 6.42 Å². The Hall–Kier alpha value is -3.08. The lowest BCUT2D eigenvalue weighted by Gasteiger charge is -2.20. The Morgan fingerprint density at radius 3 is 2.84 bits per heavy atom. The summed E-state index contributed by atoms with van der Waals surface area (Å²) in [5.41, 5.74) is 4.91. The van der Waals surface area contributed by atoms with Gasteiger partial charge in [0.2, 0.25) is 0 Å². The molecule has 0 saturated carbocycles. The number of hydrogen-bond donors (Lipinski definition) is 0. The number of carbonyl (C=O) groups excluding carboxylic acids is 1. The van der Waals surface area contributed by atoms with Crippen molar-refractivity contribution in [1.82, 2.24) is 14.4 Å². The fraction of sp³-hybridized carbons (Fsp3) is 0.150. The van der Waals surface area contributed by atoms with E-state index >= 15 is 0 Å². The highest BCUT2D eigenvalue weighted by Crippen LogP contribution is 2.40. The van der Waals surface area contributed by atoms with E-state index in [1.807, 2.05) is 16.5 Å². The van der Waals surface area contributed by atoms with E-state index in [-0.39, 0.29) is 11.6 Å². The fourth-order valence-electron chi connectivity index (χ4n) is 4.30. The number of ketones is 1. The summed E-state index contributed by atoms with van der Waals surface area (Å²) in [6.07, 6.45) is 3.89. The number of aryl methyl sites for hydroxylation is 1. The number of hydrogen-bond acceptors (Lipinski definition) is 3. The van der Waals surface area contributed by atoms with Gasteiger partial charge in [0, 0.05) is 28.1 Å². The maximum absolute atomic E-state index is 14.0. The van der Waals surface area contributed by atoms with Crippen molar-refractivity contribution in [2.24, 2.45) is 0 Å². The number of halogens is 1. The van der Waals surface area contributed by atoms with Crippen LogP contribution in [0.2, 0.25) is 0 Å². The molecular weight excluding hydrogens is 317 g/mol. The van der Waals surface area contributed by atoms with Crippen LogP contribution in [0.3, 0.4) is 0 Å². The van der Waals surface area contributed by atoms with Gasteiger partial charge in [-0.3, -0.25) is 14.2 Å². The minimum Gasteiger partial charge on any atom is -0.297 e. The lowest BCUT2D eigenvalue weighted by Crippen LogP contribution is -2.14. The van der Waals surface area contributed by atoms with E-state index < -0.39 is 0 Å². The summed E-state index contributed by atoms with van der Waals surface area (Å²) in [6.45, 7) is 0. The molecule has 0 spiro atoms. The molecule has 0 unspecified atom stereocenters. The largest absolute Gasteiger partial charge is 0.297 e. The maximum Gasteiger partial charge on any atom is 0.165 e. The van der Waals surface area contributed by atoms with Crippen LogP contribution in [0.1, 0.15) is 28.9 Å². The molecule has 4 nitrogen and oxygen atoms in total. The van der Waals surface area contributed by atoms with Crippen molar-refractivity contribution in [3.05, 3.63) is 53.7 Å². The van der Waals surface area contributed by atoms with Crippen molar-refractivity contribution < 1.29 is 9.18 Å². The molecule has 0 radical (unpaired) electrons. The molecule has 1 aliphatic rings. The number of pyridine rings is 2. The fourth-order valence-corrected chi connectivity index (χ4v) is 4.30. The van der Waals surface area contributed by atoms with Gasteiger partial charge >= 0.3 is 0 Å². The summed E-state index contributed by atoms with van der Waals surface area (Å²) in [5.74, 6) is -0.170. The summed E-state index contributed by atoms with van der Waals surface area (Å²) in [4.78, 5) is 22.0. The molecule has 0 atom stereocenters. The number of fused-ring (bicyclic) bond motifs is 5. The van der Waals surface area contributed by atoms with Crippen LogP contribution >= 0.6 is 0 Å². The SMILES string of the molecule is O=C1CCCc2nc3ccc4ncn5c6cc(F)ccc6c(c21)c3c45. The van der Waals surface area contributed by atoms with Gasteiger partial charge in [0.25, 0.3) is 0 Å². The monoisotopic (exact) mass is 329 g/mol. The number of benzene rings is 2. The minimum absolute atomic E-state index is 0.130. The highest BCUT2D eigenvalue weighted by Gasteiger charge is 2.26. The highest BCUT2D eigenvalue weighted by molar-refractivity contribution is 6.27. The third-order valence-corrected chi connectivity index (χ3v) is 5.32. The standard InChI is InChI=1S/C20H12FN3O/c21-10-4-5-11-15(8-10)24-9-22-14-7-6-13-19(20(14)24)17(11)18-12(23-13)2-1-3-16(18)25/h4-9H,1-3H2. The zero-order valence-electron chi connectivity index (χ0n) is 13.2. The van der Waals surface area contributed by atoms with E-state index in [1.165, 1.54) is 12.1 Å². The molecule has 5 heteroatoms. The highest BCUT2D eigenvalue weighted by atomic mass is 19.1. The third kappa shape index (κ3) is 1.53. The molecule has 0 fully saturated rings. The lowest BCUT2D eigenvalue weighted by molar-refractivity contribution is 0.0973. The molecule has 2 aromatic carbocycles. The zero-order valence-corrected chi connectivity index (χ0v) is 13.2. The van der Waals surface area contributed by atoms with Gasteiger partial charge in [-0.2, -0.15) is 0 Å². The number of nitrogens with zero attached hydrogens (tertiary/aromatic N) is 3. The number of imidazole rings is 1. The summed E-state index contributed by atoms with van der Waals surface area (Å²) >= 11 is 0. The van der Waals surface area contributed by atoms with E-state index in [0.29, 0.717) is 12.0 Å². The van der Waals surface area contributed by atoms with E-state index in [0.717, 1.165) is 56.8 Å². The van der Waals surface area contributed by atoms with Crippen molar-refractivity contribution in [2.45, 2.75) is 19.3 Å². The van der Waals surface area contributed by atoms with Crippen molar-refractivity contribution in [3.8, 4) is 0 Å². The summed E-state index contributed by atoms with van der Waals surface area (Å²) < 4.78 is 15.9. The Morgan fingerprint density at radius 2 is 1.92 bits per heavy atom.